The summed E-state index contributed by atoms with van der Waals surface area (Å²) in [7, 11) is 0. The predicted molar refractivity (Wildman–Crippen MR) is 71.9 cm³/mol. The van der Waals surface area contributed by atoms with Crippen LogP contribution in [0.1, 0.15) is 41.3 Å². The Morgan fingerprint density at radius 1 is 1.32 bits per heavy atom. The molecule has 0 amide bonds. The van der Waals surface area contributed by atoms with Crippen molar-refractivity contribution in [2.45, 2.75) is 38.6 Å². The van der Waals surface area contributed by atoms with Crippen molar-refractivity contribution in [2.24, 2.45) is 0 Å². The summed E-state index contributed by atoms with van der Waals surface area (Å²) < 4.78 is 5.56. The first kappa shape index (κ1) is 11.2. The Labute approximate surface area is 112 Å². The molecule has 2 aromatic rings. The van der Waals surface area contributed by atoms with E-state index in [1.165, 1.54) is 29.8 Å². The lowest BCUT2D eigenvalue weighted by atomic mass is 10.0. The first-order chi connectivity index (χ1) is 9.33. The van der Waals surface area contributed by atoms with Crippen LogP contribution in [0.3, 0.4) is 0 Å². The molecule has 0 aromatic carbocycles. The molecule has 4 nitrogen and oxygen atoms in total. The van der Waals surface area contributed by atoms with Crippen LogP contribution in [-0.2, 0) is 13.0 Å². The van der Waals surface area contributed by atoms with Gasteiger partial charge < -0.3 is 9.73 Å². The molecule has 1 N–H and O–H groups in total. The Morgan fingerprint density at radius 2 is 2.21 bits per heavy atom. The van der Waals surface area contributed by atoms with Gasteiger partial charge in [0.2, 0.25) is 0 Å². The Hall–Kier alpha value is -1.68. The van der Waals surface area contributed by atoms with Crippen molar-refractivity contribution in [1.29, 1.82) is 0 Å². The summed E-state index contributed by atoms with van der Waals surface area (Å²) in [6.45, 7) is 3.96. The van der Waals surface area contributed by atoms with Crippen LogP contribution in [0.4, 0.5) is 0 Å². The average Bonchev–Trinajstić information content (AvgIpc) is 3.19. The zero-order valence-electron chi connectivity index (χ0n) is 11.1. The smallest absolute Gasteiger partial charge is 0.196 e. The predicted octanol–water partition coefficient (Wildman–Crippen LogP) is 2.57. The van der Waals surface area contributed by atoms with Crippen molar-refractivity contribution in [3.63, 3.8) is 0 Å². The Morgan fingerprint density at radius 3 is 2.95 bits per heavy atom. The van der Waals surface area contributed by atoms with Crippen LogP contribution in [-0.4, -0.2) is 16.5 Å². The summed E-state index contributed by atoms with van der Waals surface area (Å²) in [6.07, 6.45) is 5.23. The molecule has 4 heteroatoms. The quantitative estimate of drug-likeness (QED) is 0.896. The van der Waals surface area contributed by atoms with E-state index in [0.29, 0.717) is 5.92 Å². The number of aromatic nitrogens is 2. The van der Waals surface area contributed by atoms with Crippen LogP contribution in [0.15, 0.2) is 16.7 Å². The topological polar surface area (TPSA) is 51.0 Å². The largest absolute Gasteiger partial charge is 0.461 e. The third kappa shape index (κ3) is 1.87. The van der Waals surface area contributed by atoms with Gasteiger partial charge in [-0.05, 0) is 31.4 Å². The van der Waals surface area contributed by atoms with E-state index in [1.54, 1.807) is 6.26 Å². The minimum Gasteiger partial charge on any atom is -0.461 e. The maximum atomic E-state index is 5.56. The number of rotatable bonds is 2. The summed E-state index contributed by atoms with van der Waals surface area (Å²) >= 11 is 0. The molecule has 0 unspecified atom stereocenters. The molecule has 4 rings (SSSR count). The third-order valence-electron chi connectivity index (χ3n) is 3.99. The molecule has 1 fully saturated rings. The zero-order valence-corrected chi connectivity index (χ0v) is 11.1. The Bertz CT molecular complexity index is 628. The van der Waals surface area contributed by atoms with Crippen molar-refractivity contribution >= 4 is 0 Å². The van der Waals surface area contributed by atoms with Gasteiger partial charge in [-0.2, -0.15) is 0 Å². The molecular formula is C15H17N3O. The van der Waals surface area contributed by atoms with Gasteiger partial charge in [0.1, 0.15) is 0 Å². The van der Waals surface area contributed by atoms with E-state index < -0.39 is 0 Å². The molecular weight excluding hydrogens is 238 g/mol. The molecule has 98 valence electrons. The highest BCUT2D eigenvalue weighted by atomic mass is 16.3. The molecule has 0 spiro atoms. The fourth-order valence-corrected chi connectivity index (χ4v) is 2.77. The highest BCUT2D eigenvalue weighted by molar-refractivity contribution is 5.54. The molecule has 3 heterocycles. The molecule has 0 radical (unpaired) electrons. The summed E-state index contributed by atoms with van der Waals surface area (Å²) in [6, 6.07) is 1.97. The van der Waals surface area contributed by atoms with Crippen molar-refractivity contribution in [2.75, 3.05) is 6.54 Å². The van der Waals surface area contributed by atoms with Crippen molar-refractivity contribution in [1.82, 2.24) is 15.3 Å². The van der Waals surface area contributed by atoms with Gasteiger partial charge >= 0.3 is 0 Å². The molecule has 1 saturated carbocycles. The molecule has 0 bridgehead atoms. The second kappa shape index (κ2) is 4.17. The number of nitrogens with one attached hydrogen (secondary N) is 1. The van der Waals surface area contributed by atoms with E-state index in [1.807, 2.05) is 13.0 Å². The second-order valence-electron chi connectivity index (χ2n) is 5.49. The monoisotopic (exact) mass is 255 g/mol. The van der Waals surface area contributed by atoms with E-state index >= 15 is 0 Å². The van der Waals surface area contributed by atoms with Crippen molar-refractivity contribution < 1.29 is 4.42 Å². The van der Waals surface area contributed by atoms with Crippen LogP contribution in [0, 0.1) is 6.92 Å². The van der Waals surface area contributed by atoms with Crippen molar-refractivity contribution in [3.8, 4) is 11.6 Å². The lowest BCUT2D eigenvalue weighted by molar-refractivity contribution is 0.570. The lowest BCUT2D eigenvalue weighted by Gasteiger charge is -2.19. The Kier molecular flexibility index (Phi) is 2.45. The maximum Gasteiger partial charge on any atom is 0.196 e. The van der Waals surface area contributed by atoms with Crippen LogP contribution < -0.4 is 5.32 Å². The van der Waals surface area contributed by atoms with E-state index in [0.717, 1.165) is 36.7 Å². The van der Waals surface area contributed by atoms with Gasteiger partial charge in [-0.1, -0.05) is 0 Å². The van der Waals surface area contributed by atoms with Gasteiger partial charge in [-0.25, -0.2) is 9.97 Å². The number of fused-ring (bicyclic) bond motifs is 1. The molecule has 1 aliphatic carbocycles. The van der Waals surface area contributed by atoms with Crippen LogP contribution in [0.5, 0.6) is 0 Å². The third-order valence-corrected chi connectivity index (χ3v) is 3.99. The van der Waals surface area contributed by atoms with E-state index in [9.17, 15) is 0 Å². The fourth-order valence-electron chi connectivity index (χ4n) is 2.77. The normalized spacial score (nSPS) is 18.4. The zero-order chi connectivity index (χ0) is 12.8. The summed E-state index contributed by atoms with van der Waals surface area (Å²) in [5, 5.41) is 3.43. The average molecular weight is 255 g/mol. The van der Waals surface area contributed by atoms with Gasteiger partial charge in [0.15, 0.2) is 11.6 Å². The molecule has 2 aromatic heterocycles. The summed E-state index contributed by atoms with van der Waals surface area (Å²) in [5.41, 5.74) is 4.90. The van der Waals surface area contributed by atoms with Crippen molar-refractivity contribution in [3.05, 3.63) is 34.8 Å². The number of hydrogen-bond acceptors (Lipinski definition) is 4. The first-order valence-corrected chi connectivity index (χ1v) is 6.98. The SMILES string of the molecule is Cc1ccoc1-c1nc2c(c(C3CC3)n1)CNCC2. The first-order valence-electron chi connectivity index (χ1n) is 6.98. The minimum atomic E-state index is 0.644. The second-order valence-corrected chi connectivity index (χ2v) is 5.49. The number of aryl methyl sites for hydroxylation is 1. The van der Waals surface area contributed by atoms with E-state index in [2.05, 4.69) is 5.32 Å². The summed E-state index contributed by atoms with van der Waals surface area (Å²) in [5.74, 6) is 2.24. The minimum absolute atomic E-state index is 0.644. The van der Waals surface area contributed by atoms with Crippen LogP contribution in [0.2, 0.25) is 0 Å². The standard InChI is InChI=1S/C15H17N3O/c1-9-5-7-19-14(9)15-17-12-4-6-16-8-11(12)13(18-15)10-2-3-10/h5,7,10,16H,2-4,6,8H2,1H3. The molecule has 2 aliphatic rings. The summed E-state index contributed by atoms with van der Waals surface area (Å²) in [4.78, 5) is 9.55. The van der Waals surface area contributed by atoms with Crippen LogP contribution in [0.25, 0.3) is 11.6 Å². The number of hydrogen-bond donors (Lipinski definition) is 1. The number of furan rings is 1. The van der Waals surface area contributed by atoms with E-state index in [-0.39, 0.29) is 0 Å². The highest BCUT2D eigenvalue weighted by Gasteiger charge is 2.31. The number of nitrogens with zero attached hydrogens (tertiary/aromatic N) is 2. The van der Waals surface area contributed by atoms with Gasteiger partial charge in [0, 0.05) is 31.0 Å². The lowest BCUT2D eigenvalue weighted by Crippen LogP contribution is -2.26. The highest BCUT2D eigenvalue weighted by Crippen LogP contribution is 2.42. The molecule has 0 saturated heterocycles. The van der Waals surface area contributed by atoms with Crippen LogP contribution >= 0.6 is 0 Å². The van der Waals surface area contributed by atoms with Gasteiger partial charge in [-0.15, -0.1) is 0 Å². The van der Waals surface area contributed by atoms with E-state index in [4.69, 9.17) is 14.4 Å². The molecule has 1 aliphatic heterocycles. The fraction of sp³-hybridized carbons (Fsp3) is 0.467. The Balaban J connectivity index is 1.88. The van der Waals surface area contributed by atoms with Gasteiger partial charge in [-0.3, -0.25) is 0 Å². The maximum absolute atomic E-state index is 5.56. The molecule has 19 heavy (non-hydrogen) atoms. The van der Waals surface area contributed by atoms with Gasteiger partial charge in [0.25, 0.3) is 0 Å². The molecule has 0 atom stereocenters. The van der Waals surface area contributed by atoms with Gasteiger partial charge in [0.05, 0.1) is 17.7 Å².